The summed E-state index contributed by atoms with van der Waals surface area (Å²) < 4.78 is 37.1. The minimum Gasteiger partial charge on any atom is -0.350 e. The van der Waals surface area contributed by atoms with E-state index in [1.54, 1.807) is 6.92 Å². The van der Waals surface area contributed by atoms with Gasteiger partial charge in [-0.15, -0.1) is 0 Å². The molecule has 1 aliphatic heterocycles. The van der Waals surface area contributed by atoms with Crippen molar-refractivity contribution in [2.75, 3.05) is 12.3 Å². The van der Waals surface area contributed by atoms with Gasteiger partial charge in [-0.2, -0.15) is 4.55 Å². The molecular formula is C27H40F2N3O5S+. The van der Waals surface area contributed by atoms with Crippen LogP contribution in [0.4, 0.5) is 8.78 Å². The van der Waals surface area contributed by atoms with Crippen LogP contribution in [0.15, 0.2) is 18.2 Å². The average molecular weight is 557 g/mol. The lowest BCUT2D eigenvalue weighted by molar-refractivity contribution is -0.140. The highest BCUT2D eigenvalue weighted by atomic mass is 32.2. The number of benzene rings is 1. The molecule has 38 heavy (non-hydrogen) atoms. The molecule has 212 valence electrons. The maximum absolute atomic E-state index is 13.7. The van der Waals surface area contributed by atoms with Gasteiger partial charge < -0.3 is 16.0 Å². The van der Waals surface area contributed by atoms with Crippen LogP contribution in [0.5, 0.6) is 0 Å². The minimum atomic E-state index is -1.33. The van der Waals surface area contributed by atoms with E-state index in [1.807, 2.05) is 13.8 Å². The number of likely N-dealkylation sites (N-methyl/N-ethyl adjacent to an activating group) is 1. The SMILES string of the molecule is CCNC(=O)C(=O)C(Cc1ccc(F)c(F)c1)NC(=O)[C@H](CC(C)C)NC(=O)CCCCC1CCC[S+]1O. The van der Waals surface area contributed by atoms with E-state index in [1.165, 1.54) is 6.07 Å². The zero-order valence-corrected chi connectivity index (χ0v) is 23.2. The minimum absolute atomic E-state index is 0.0413. The first-order valence-electron chi connectivity index (χ1n) is 13.3. The summed E-state index contributed by atoms with van der Waals surface area (Å²) in [6, 6.07) is 0.841. The second-order valence-electron chi connectivity index (χ2n) is 10.1. The molecule has 11 heteroatoms. The number of Topliss-reactive ketones (excluding diaryl/α,β-unsaturated/α-hetero) is 1. The van der Waals surface area contributed by atoms with Crippen molar-refractivity contribution in [3.8, 4) is 0 Å². The maximum atomic E-state index is 13.7. The van der Waals surface area contributed by atoms with Crippen LogP contribution in [-0.2, 0) is 36.8 Å². The van der Waals surface area contributed by atoms with E-state index in [2.05, 4.69) is 16.0 Å². The number of hydrogen-bond acceptors (Lipinski definition) is 5. The molecule has 1 heterocycles. The molecule has 1 fully saturated rings. The zero-order valence-electron chi connectivity index (χ0n) is 22.4. The van der Waals surface area contributed by atoms with Gasteiger partial charge in [-0.05, 0) is 56.2 Å². The molecule has 3 amide bonds. The lowest BCUT2D eigenvalue weighted by atomic mass is 9.99. The number of hydrogen-bond donors (Lipinski definition) is 4. The van der Waals surface area contributed by atoms with Crippen molar-refractivity contribution in [2.24, 2.45) is 5.92 Å². The number of carbonyl (C=O) groups excluding carboxylic acids is 4. The van der Waals surface area contributed by atoms with E-state index in [0.717, 1.165) is 43.6 Å². The van der Waals surface area contributed by atoms with E-state index < -0.39 is 52.5 Å². The van der Waals surface area contributed by atoms with Crippen molar-refractivity contribution in [1.82, 2.24) is 16.0 Å². The average Bonchev–Trinajstić information content (AvgIpc) is 3.27. The largest absolute Gasteiger partial charge is 0.350 e. The van der Waals surface area contributed by atoms with E-state index in [0.29, 0.717) is 18.1 Å². The van der Waals surface area contributed by atoms with Crippen LogP contribution in [0.3, 0.4) is 0 Å². The van der Waals surface area contributed by atoms with Crippen LogP contribution in [0, 0.1) is 17.6 Å². The lowest BCUT2D eigenvalue weighted by Crippen LogP contribution is -2.54. The Bertz CT molecular complexity index is 978. The first-order chi connectivity index (χ1) is 18.0. The Kier molecular flexibility index (Phi) is 13.2. The number of carbonyl (C=O) groups is 4. The van der Waals surface area contributed by atoms with E-state index in [4.69, 9.17) is 0 Å². The fourth-order valence-electron chi connectivity index (χ4n) is 4.46. The Morgan fingerprint density at radius 1 is 1.08 bits per heavy atom. The van der Waals surface area contributed by atoms with Crippen LogP contribution in [0.2, 0.25) is 0 Å². The predicted molar refractivity (Wildman–Crippen MR) is 143 cm³/mol. The van der Waals surface area contributed by atoms with E-state index in [9.17, 15) is 32.5 Å². The van der Waals surface area contributed by atoms with Gasteiger partial charge in [0.25, 0.3) is 5.91 Å². The number of nitrogens with one attached hydrogen (secondary N) is 3. The van der Waals surface area contributed by atoms with Crippen molar-refractivity contribution in [1.29, 1.82) is 0 Å². The van der Waals surface area contributed by atoms with Crippen molar-refractivity contribution in [3.05, 3.63) is 35.4 Å². The summed E-state index contributed by atoms with van der Waals surface area (Å²) in [5.74, 6) is -4.02. The Hall–Kier alpha value is -2.53. The number of unbranched alkanes of at least 4 members (excludes halogenated alkanes) is 1. The second kappa shape index (κ2) is 15.8. The molecule has 1 aromatic rings. The third kappa shape index (κ3) is 10.3. The van der Waals surface area contributed by atoms with Crippen molar-refractivity contribution < 1.29 is 32.5 Å². The molecule has 0 aliphatic carbocycles. The van der Waals surface area contributed by atoms with E-state index in [-0.39, 0.29) is 36.8 Å². The van der Waals surface area contributed by atoms with Gasteiger partial charge in [-0.3, -0.25) is 19.2 Å². The molecule has 1 aromatic carbocycles. The second-order valence-corrected chi connectivity index (χ2v) is 12.0. The molecule has 1 saturated heterocycles. The first kappa shape index (κ1) is 31.7. The van der Waals surface area contributed by atoms with Crippen LogP contribution in [0.25, 0.3) is 0 Å². The summed E-state index contributed by atoms with van der Waals surface area (Å²) in [6.07, 6.45) is 4.67. The first-order valence-corrected chi connectivity index (χ1v) is 14.7. The molecule has 4 atom stereocenters. The molecule has 1 aliphatic rings. The van der Waals surface area contributed by atoms with Crippen LogP contribution >= 0.6 is 0 Å². The number of halogens is 2. The highest BCUT2D eigenvalue weighted by Gasteiger charge is 2.35. The van der Waals surface area contributed by atoms with E-state index >= 15 is 0 Å². The molecule has 0 radical (unpaired) electrons. The Balaban J connectivity index is 2.04. The summed E-state index contributed by atoms with van der Waals surface area (Å²) in [6.45, 7) is 5.61. The fourth-order valence-corrected chi connectivity index (χ4v) is 6.13. The summed E-state index contributed by atoms with van der Waals surface area (Å²) >= 11 is -0.528. The number of ketones is 1. The topological polar surface area (TPSA) is 125 Å². The number of rotatable bonds is 15. The van der Waals surface area contributed by atoms with Gasteiger partial charge >= 0.3 is 0 Å². The van der Waals surface area contributed by atoms with Crippen molar-refractivity contribution in [3.63, 3.8) is 0 Å². The maximum Gasteiger partial charge on any atom is 0.289 e. The summed E-state index contributed by atoms with van der Waals surface area (Å²) in [4.78, 5) is 50.8. The van der Waals surface area contributed by atoms with Crippen LogP contribution < -0.4 is 16.0 Å². The van der Waals surface area contributed by atoms with Gasteiger partial charge in [0.1, 0.15) is 29.0 Å². The molecule has 0 aromatic heterocycles. The van der Waals surface area contributed by atoms with Crippen LogP contribution in [-0.4, -0.2) is 57.7 Å². The van der Waals surface area contributed by atoms with Gasteiger partial charge in [0.2, 0.25) is 17.6 Å². The molecular weight excluding hydrogens is 516 g/mol. The third-order valence-electron chi connectivity index (χ3n) is 6.42. The van der Waals surface area contributed by atoms with Crippen molar-refractivity contribution in [2.45, 2.75) is 89.5 Å². The summed E-state index contributed by atoms with van der Waals surface area (Å²) in [5.41, 5.74) is 0.226. The lowest BCUT2D eigenvalue weighted by Gasteiger charge is -2.24. The predicted octanol–water partition coefficient (Wildman–Crippen LogP) is 3.04. The Morgan fingerprint density at radius 2 is 1.82 bits per heavy atom. The molecule has 0 saturated carbocycles. The highest BCUT2D eigenvalue weighted by molar-refractivity contribution is 7.92. The fraction of sp³-hybridized carbons (Fsp3) is 0.630. The number of amides is 3. The monoisotopic (exact) mass is 556 g/mol. The van der Waals surface area contributed by atoms with Gasteiger partial charge in [-0.25, -0.2) is 8.78 Å². The van der Waals surface area contributed by atoms with Gasteiger partial charge in [-0.1, -0.05) is 19.9 Å². The molecule has 4 N–H and O–H groups in total. The Labute approximate surface area is 226 Å². The Morgan fingerprint density at radius 3 is 2.42 bits per heavy atom. The molecule has 0 spiro atoms. The summed E-state index contributed by atoms with van der Waals surface area (Å²) in [5, 5.41) is 8.00. The molecule has 0 bridgehead atoms. The normalized spacial score (nSPS) is 18.6. The highest BCUT2D eigenvalue weighted by Crippen LogP contribution is 2.24. The van der Waals surface area contributed by atoms with Gasteiger partial charge in [0.15, 0.2) is 16.9 Å². The molecule has 2 rings (SSSR count). The van der Waals surface area contributed by atoms with Crippen LogP contribution in [0.1, 0.15) is 71.3 Å². The standard InChI is InChI=1S/C27H39F2N3O5S/c1-4-30-27(36)25(34)22(16-18-11-12-20(28)21(29)15-18)32-26(35)23(14-17(2)3)31-24(33)10-6-5-8-19-9-7-13-38(19)37/h11-12,15,17,19,22-23,37H,4-10,13-14,16H2,1-3H3,(H2-,30,31,32,33,35,36)/p+1/t19?,22?,23-,38?/m0/s1. The zero-order chi connectivity index (χ0) is 28.2. The van der Waals surface area contributed by atoms with Gasteiger partial charge in [0, 0.05) is 32.2 Å². The van der Waals surface area contributed by atoms with Gasteiger partial charge in [0.05, 0.1) is 0 Å². The van der Waals surface area contributed by atoms with Crippen molar-refractivity contribution >= 4 is 34.7 Å². The third-order valence-corrected chi connectivity index (χ3v) is 8.37. The quantitative estimate of drug-likeness (QED) is 0.150. The molecule has 8 nitrogen and oxygen atoms in total. The smallest absolute Gasteiger partial charge is 0.289 e. The molecule has 3 unspecified atom stereocenters. The summed E-state index contributed by atoms with van der Waals surface area (Å²) in [7, 11) is 0.